The van der Waals surface area contributed by atoms with Crippen molar-refractivity contribution in [1.82, 2.24) is 10.2 Å². The Morgan fingerprint density at radius 1 is 1.19 bits per heavy atom. The first kappa shape index (κ1) is 20.6. The number of carbonyl (C=O) groups excluding carboxylic acids is 1. The number of ether oxygens (including phenoxy) is 2. The minimum atomic E-state index is -0.797. The first-order chi connectivity index (χ1) is 15.2. The zero-order chi connectivity index (χ0) is 21.2. The van der Waals surface area contributed by atoms with Crippen LogP contribution in [0.15, 0.2) is 42.0 Å². The second-order valence-corrected chi connectivity index (χ2v) is 9.13. The number of nitrogens with zero attached hydrogens (tertiary/aromatic N) is 1. The Balaban J connectivity index is 1.29. The van der Waals surface area contributed by atoms with Gasteiger partial charge >= 0.3 is 0 Å². The van der Waals surface area contributed by atoms with Crippen LogP contribution < -0.4 is 14.8 Å². The lowest BCUT2D eigenvalue weighted by molar-refractivity contribution is -0.124. The number of aliphatic hydroxyl groups excluding tert-OH is 1. The highest BCUT2D eigenvalue weighted by Crippen LogP contribution is 2.46. The van der Waals surface area contributed by atoms with Crippen LogP contribution in [0.5, 0.6) is 11.5 Å². The fourth-order valence-corrected chi connectivity index (χ4v) is 5.06. The highest BCUT2D eigenvalue weighted by molar-refractivity contribution is 5.82. The molecule has 2 N–H and O–H groups in total. The molecule has 1 saturated heterocycles. The van der Waals surface area contributed by atoms with Gasteiger partial charge in [0.1, 0.15) is 19.3 Å². The van der Waals surface area contributed by atoms with Gasteiger partial charge in [0.15, 0.2) is 11.5 Å². The average molecular weight is 425 g/mol. The van der Waals surface area contributed by atoms with Crippen LogP contribution in [0.2, 0.25) is 0 Å². The molecule has 166 valence electrons. The molecule has 2 aliphatic carbocycles. The van der Waals surface area contributed by atoms with Crippen molar-refractivity contribution < 1.29 is 19.4 Å². The smallest absolute Gasteiger partial charge is 0.224 e. The largest absolute Gasteiger partial charge is 0.486 e. The maximum absolute atomic E-state index is 13.1. The van der Waals surface area contributed by atoms with E-state index < -0.39 is 6.10 Å². The molecule has 6 heteroatoms. The molecule has 4 atom stereocenters. The molecule has 1 amide bonds. The number of benzene rings is 1. The SMILES string of the molecule is O=C(NC(CN1CCCC1)C(O)c1ccc2c(c1)OCCO2)C1CC1C1=CC=CCC1. The fraction of sp³-hybridized carbons (Fsp3) is 0.560. The van der Waals surface area contributed by atoms with E-state index in [0.29, 0.717) is 37.2 Å². The lowest BCUT2D eigenvalue weighted by atomic mass is 9.98. The first-order valence-corrected chi connectivity index (χ1v) is 11.6. The molecule has 4 aliphatic rings. The van der Waals surface area contributed by atoms with Gasteiger partial charge in [-0.3, -0.25) is 4.79 Å². The average Bonchev–Trinajstić information content (AvgIpc) is 3.46. The molecule has 1 aromatic carbocycles. The summed E-state index contributed by atoms with van der Waals surface area (Å²) in [4.78, 5) is 15.4. The quantitative estimate of drug-likeness (QED) is 0.704. The standard InChI is InChI=1S/C25H32N2O4/c28-24(18-8-9-22-23(14-18)31-13-12-30-22)21(16-27-10-4-5-11-27)26-25(29)20-15-19(20)17-6-2-1-3-7-17/h1-2,6,8-9,14,19-21,24,28H,3-5,7,10-13,15-16H2,(H,26,29). The van der Waals surface area contributed by atoms with E-state index in [-0.39, 0.29) is 17.9 Å². The van der Waals surface area contributed by atoms with Crippen molar-refractivity contribution in [2.75, 3.05) is 32.8 Å². The monoisotopic (exact) mass is 424 g/mol. The molecule has 1 aromatic rings. The van der Waals surface area contributed by atoms with Crippen LogP contribution >= 0.6 is 0 Å². The van der Waals surface area contributed by atoms with Crippen LogP contribution in [0.4, 0.5) is 0 Å². The van der Waals surface area contributed by atoms with Crippen LogP contribution in [0, 0.1) is 11.8 Å². The summed E-state index contributed by atoms with van der Waals surface area (Å²) < 4.78 is 11.3. The number of fused-ring (bicyclic) bond motifs is 1. The number of carbonyl (C=O) groups is 1. The van der Waals surface area contributed by atoms with E-state index >= 15 is 0 Å². The van der Waals surface area contributed by atoms with Crippen molar-refractivity contribution >= 4 is 5.91 Å². The van der Waals surface area contributed by atoms with Gasteiger partial charge in [-0.15, -0.1) is 0 Å². The van der Waals surface area contributed by atoms with E-state index in [4.69, 9.17) is 9.47 Å². The summed E-state index contributed by atoms with van der Waals surface area (Å²) in [5, 5.41) is 14.5. The second kappa shape index (κ2) is 9.05. The third-order valence-corrected chi connectivity index (χ3v) is 6.92. The number of likely N-dealkylation sites (tertiary alicyclic amines) is 1. The minimum Gasteiger partial charge on any atom is -0.486 e. The number of allylic oxidation sites excluding steroid dienone is 4. The maximum atomic E-state index is 13.1. The van der Waals surface area contributed by atoms with Crippen molar-refractivity contribution in [3.8, 4) is 11.5 Å². The van der Waals surface area contributed by atoms with Crippen molar-refractivity contribution in [3.05, 3.63) is 47.6 Å². The van der Waals surface area contributed by atoms with Gasteiger partial charge in [-0.25, -0.2) is 0 Å². The Bertz CT molecular complexity index is 874. The molecule has 0 bridgehead atoms. The molecule has 1 saturated carbocycles. The van der Waals surface area contributed by atoms with Crippen molar-refractivity contribution in [1.29, 1.82) is 0 Å². The van der Waals surface area contributed by atoms with E-state index in [2.05, 4.69) is 28.4 Å². The Morgan fingerprint density at radius 3 is 2.77 bits per heavy atom. The van der Waals surface area contributed by atoms with E-state index in [1.54, 1.807) is 0 Å². The van der Waals surface area contributed by atoms with Crippen molar-refractivity contribution in [3.63, 3.8) is 0 Å². The maximum Gasteiger partial charge on any atom is 0.224 e. The van der Waals surface area contributed by atoms with Gasteiger partial charge in [-0.05, 0) is 68.8 Å². The molecule has 2 heterocycles. The van der Waals surface area contributed by atoms with Gasteiger partial charge in [-0.2, -0.15) is 0 Å². The summed E-state index contributed by atoms with van der Waals surface area (Å²) in [5.41, 5.74) is 2.15. The predicted molar refractivity (Wildman–Crippen MR) is 118 cm³/mol. The number of hydrogen-bond acceptors (Lipinski definition) is 5. The molecule has 0 spiro atoms. The Hall–Kier alpha value is -2.31. The molecule has 5 rings (SSSR count). The number of aliphatic hydroxyl groups is 1. The molecule has 2 fully saturated rings. The molecule has 0 radical (unpaired) electrons. The third kappa shape index (κ3) is 4.65. The molecule has 6 nitrogen and oxygen atoms in total. The van der Waals surface area contributed by atoms with Crippen molar-refractivity contribution in [2.24, 2.45) is 11.8 Å². The van der Waals surface area contributed by atoms with E-state index in [9.17, 15) is 9.90 Å². The lowest BCUT2D eigenvalue weighted by Gasteiger charge is -2.29. The van der Waals surface area contributed by atoms with Gasteiger partial charge in [0.2, 0.25) is 5.91 Å². The van der Waals surface area contributed by atoms with Crippen LogP contribution in [0.3, 0.4) is 0 Å². The van der Waals surface area contributed by atoms with Gasteiger partial charge in [0, 0.05) is 12.5 Å². The number of rotatable bonds is 7. The topological polar surface area (TPSA) is 71.0 Å². The van der Waals surface area contributed by atoms with Gasteiger partial charge in [-0.1, -0.05) is 29.9 Å². The summed E-state index contributed by atoms with van der Waals surface area (Å²) in [5.74, 6) is 1.84. The normalized spacial score (nSPS) is 26.8. The Morgan fingerprint density at radius 2 is 2.00 bits per heavy atom. The third-order valence-electron chi connectivity index (χ3n) is 6.92. The minimum absolute atomic E-state index is 0.0336. The fourth-order valence-electron chi connectivity index (χ4n) is 5.06. The predicted octanol–water partition coefficient (Wildman–Crippen LogP) is 2.98. The number of nitrogens with one attached hydrogen (secondary N) is 1. The van der Waals surface area contributed by atoms with E-state index in [1.807, 2.05) is 18.2 Å². The summed E-state index contributed by atoms with van der Waals surface area (Å²) in [7, 11) is 0. The second-order valence-electron chi connectivity index (χ2n) is 9.13. The molecular formula is C25H32N2O4. The zero-order valence-electron chi connectivity index (χ0n) is 18.0. The molecule has 4 unspecified atom stereocenters. The Kier molecular flexibility index (Phi) is 6.01. The van der Waals surface area contributed by atoms with Gasteiger partial charge < -0.3 is 24.8 Å². The van der Waals surface area contributed by atoms with E-state index in [0.717, 1.165) is 37.9 Å². The molecular weight excluding hydrogens is 392 g/mol. The highest BCUT2D eigenvalue weighted by atomic mass is 16.6. The van der Waals surface area contributed by atoms with Crippen LogP contribution in [0.25, 0.3) is 0 Å². The lowest BCUT2D eigenvalue weighted by Crippen LogP contribution is -2.47. The van der Waals surface area contributed by atoms with Gasteiger partial charge in [0.05, 0.1) is 6.04 Å². The van der Waals surface area contributed by atoms with E-state index in [1.165, 1.54) is 18.4 Å². The molecule has 31 heavy (non-hydrogen) atoms. The molecule has 0 aromatic heterocycles. The van der Waals surface area contributed by atoms with Crippen LogP contribution in [-0.4, -0.2) is 54.8 Å². The number of amides is 1. The summed E-state index contributed by atoms with van der Waals surface area (Å²) >= 11 is 0. The van der Waals surface area contributed by atoms with Crippen LogP contribution in [-0.2, 0) is 4.79 Å². The van der Waals surface area contributed by atoms with Crippen LogP contribution in [0.1, 0.15) is 43.8 Å². The zero-order valence-corrected chi connectivity index (χ0v) is 18.0. The summed E-state index contributed by atoms with van der Waals surface area (Å²) in [6.07, 6.45) is 11.0. The highest BCUT2D eigenvalue weighted by Gasteiger charge is 2.45. The Labute approximate surface area is 183 Å². The summed E-state index contributed by atoms with van der Waals surface area (Å²) in [6.45, 7) is 3.74. The number of hydrogen-bond donors (Lipinski definition) is 2. The molecule has 2 aliphatic heterocycles. The van der Waals surface area contributed by atoms with Gasteiger partial charge in [0.25, 0.3) is 0 Å². The van der Waals surface area contributed by atoms with Crippen molar-refractivity contribution in [2.45, 2.75) is 44.2 Å². The first-order valence-electron chi connectivity index (χ1n) is 11.6. The summed E-state index contributed by atoms with van der Waals surface area (Å²) in [6, 6.07) is 5.22.